The number of hydrogen-bond donors (Lipinski definition) is 1. The number of hydrogen-bond acceptors (Lipinski definition) is 4. The van der Waals surface area contributed by atoms with Gasteiger partial charge in [0.1, 0.15) is 0 Å². The molecule has 0 amide bonds. The highest BCUT2D eigenvalue weighted by Gasteiger charge is 2.34. The zero-order chi connectivity index (χ0) is 15.7. The van der Waals surface area contributed by atoms with Gasteiger partial charge in [-0.25, -0.2) is 8.42 Å². The van der Waals surface area contributed by atoms with Crippen LogP contribution in [0.15, 0.2) is 18.2 Å². The minimum absolute atomic E-state index is 0.00235. The number of nitrogens with one attached hydrogen (secondary N) is 1. The van der Waals surface area contributed by atoms with Crippen molar-refractivity contribution in [3.8, 4) is 6.07 Å². The number of nitriles is 1. The maximum absolute atomic E-state index is 12.9. The molecule has 1 aliphatic rings. The van der Waals surface area contributed by atoms with E-state index in [1.165, 1.54) is 12.1 Å². The average molecular weight is 318 g/mol. The highest BCUT2D eigenvalue weighted by atomic mass is 32.2. The van der Waals surface area contributed by atoms with Crippen LogP contribution < -0.4 is 5.32 Å². The predicted octanol–water partition coefficient (Wildman–Crippen LogP) is 2.42. The van der Waals surface area contributed by atoms with Gasteiger partial charge in [0.2, 0.25) is 0 Å². The molecule has 1 N–H and O–H groups in total. The Labute approximate surface area is 120 Å². The zero-order valence-corrected chi connectivity index (χ0v) is 11.8. The quantitative estimate of drug-likeness (QED) is 0.929. The largest absolute Gasteiger partial charge is 0.418 e. The van der Waals surface area contributed by atoms with E-state index in [4.69, 9.17) is 5.26 Å². The van der Waals surface area contributed by atoms with Crippen LogP contribution in [0.3, 0.4) is 0 Å². The fraction of sp³-hybridized carbons (Fsp3) is 0.462. The Balaban J connectivity index is 2.15. The van der Waals surface area contributed by atoms with Crippen molar-refractivity contribution in [3.05, 3.63) is 29.3 Å². The molecule has 1 aliphatic heterocycles. The van der Waals surface area contributed by atoms with E-state index in [0.717, 1.165) is 6.07 Å². The third-order valence-electron chi connectivity index (χ3n) is 3.36. The van der Waals surface area contributed by atoms with Crippen LogP contribution in [-0.2, 0) is 16.0 Å². The van der Waals surface area contributed by atoms with Crippen LogP contribution in [-0.4, -0.2) is 26.5 Å². The molecule has 1 aromatic rings. The number of sulfone groups is 1. The van der Waals surface area contributed by atoms with E-state index in [1.54, 1.807) is 6.07 Å². The van der Waals surface area contributed by atoms with Crippen molar-refractivity contribution in [2.24, 2.45) is 5.92 Å². The monoisotopic (exact) mass is 318 g/mol. The minimum Gasteiger partial charge on any atom is -0.384 e. The van der Waals surface area contributed by atoms with Crippen molar-refractivity contribution in [1.82, 2.24) is 0 Å². The molecular formula is C13H13F3N2O2S. The van der Waals surface area contributed by atoms with Gasteiger partial charge in [0, 0.05) is 12.2 Å². The van der Waals surface area contributed by atoms with Gasteiger partial charge >= 0.3 is 6.18 Å². The lowest BCUT2D eigenvalue weighted by Gasteiger charge is -2.16. The second-order valence-electron chi connectivity index (χ2n) is 5.02. The predicted molar refractivity (Wildman–Crippen MR) is 71.4 cm³/mol. The molecule has 1 heterocycles. The summed E-state index contributed by atoms with van der Waals surface area (Å²) < 4.78 is 61.5. The fourth-order valence-corrected chi connectivity index (χ4v) is 4.15. The summed E-state index contributed by atoms with van der Waals surface area (Å²) in [6.45, 7) is 0.161. The average Bonchev–Trinajstić information content (AvgIpc) is 2.74. The molecule has 1 fully saturated rings. The van der Waals surface area contributed by atoms with E-state index in [-0.39, 0.29) is 35.2 Å². The molecular weight excluding hydrogens is 305 g/mol. The number of benzene rings is 1. The zero-order valence-electron chi connectivity index (χ0n) is 10.9. The Morgan fingerprint density at radius 1 is 1.38 bits per heavy atom. The van der Waals surface area contributed by atoms with Crippen LogP contribution in [0.25, 0.3) is 0 Å². The van der Waals surface area contributed by atoms with Crippen LogP contribution in [0.4, 0.5) is 18.9 Å². The summed E-state index contributed by atoms with van der Waals surface area (Å²) in [4.78, 5) is 0. The number of alkyl halides is 3. The molecule has 0 aromatic heterocycles. The van der Waals surface area contributed by atoms with Crippen LogP contribution in [0.5, 0.6) is 0 Å². The first kappa shape index (κ1) is 15.6. The van der Waals surface area contributed by atoms with Crippen molar-refractivity contribution >= 4 is 15.5 Å². The molecule has 4 nitrogen and oxygen atoms in total. The van der Waals surface area contributed by atoms with E-state index in [2.05, 4.69) is 5.32 Å². The Morgan fingerprint density at radius 3 is 2.62 bits per heavy atom. The van der Waals surface area contributed by atoms with Gasteiger partial charge in [-0.15, -0.1) is 0 Å². The van der Waals surface area contributed by atoms with E-state index in [0.29, 0.717) is 6.42 Å². The highest BCUT2D eigenvalue weighted by Crippen LogP contribution is 2.35. The number of nitrogens with zero attached hydrogens (tertiary/aromatic N) is 1. The van der Waals surface area contributed by atoms with Crippen LogP contribution in [0.1, 0.15) is 17.5 Å². The number of rotatable bonds is 3. The summed E-state index contributed by atoms with van der Waals surface area (Å²) in [7, 11) is -3.05. The van der Waals surface area contributed by atoms with Crippen LogP contribution in [0, 0.1) is 17.2 Å². The molecule has 1 atom stereocenters. The van der Waals surface area contributed by atoms with Crippen molar-refractivity contribution in [2.45, 2.75) is 12.6 Å². The van der Waals surface area contributed by atoms with E-state index in [1.807, 2.05) is 0 Å². The Kier molecular flexibility index (Phi) is 4.14. The summed E-state index contributed by atoms with van der Waals surface area (Å²) in [5.74, 6) is -0.108. The van der Waals surface area contributed by atoms with Gasteiger partial charge in [-0.05, 0) is 30.5 Å². The summed E-state index contributed by atoms with van der Waals surface area (Å²) in [5, 5.41) is 11.3. The van der Waals surface area contributed by atoms with Crippen molar-refractivity contribution in [2.75, 3.05) is 23.4 Å². The van der Waals surface area contributed by atoms with Crippen molar-refractivity contribution < 1.29 is 21.6 Å². The van der Waals surface area contributed by atoms with E-state index >= 15 is 0 Å². The molecule has 21 heavy (non-hydrogen) atoms. The molecule has 0 radical (unpaired) electrons. The molecule has 1 saturated heterocycles. The molecule has 2 rings (SSSR count). The third-order valence-corrected chi connectivity index (χ3v) is 5.20. The molecule has 1 aromatic carbocycles. The molecule has 8 heteroatoms. The topological polar surface area (TPSA) is 70.0 Å². The Morgan fingerprint density at radius 2 is 2.10 bits per heavy atom. The van der Waals surface area contributed by atoms with Crippen LogP contribution in [0.2, 0.25) is 0 Å². The Hall–Kier alpha value is -1.75. The minimum atomic E-state index is -4.57. The summed E-state index contributed by atoms with van der Waals surface area (Å²) in [6.07, 6.45) is -4.12. The lowest BCUT2D eigenvalue weighted by atomic mass is 10.1. The lowest BCUT2D eigenvalue weighted by molar-refractivity contribution is -0.137. The standard InChI is InChI=1S/C13H13F3N2O2S/c14-13(15,16)11-5-9(6-17)1-2-12(11)18-7-10-3-4-21(19,20)8-10/h1-2,5,10,18H,3-4,7-8H2/t10-/m0/s1. The number of anilines is 1. The van der Waals surface area contributed by atoms with Gasteiger partial charge in [0.25, 0.3) is 0 Å². The highest BCUT2D eigenvalue weighted by molar-refractivity contribution is 7.91. The van der Waals surface area contributed by atoms with Crippen LogP contribution >= 0.6 is 0 Å². The molecule has 0 spiro atoms. The molecule has 0 bridgehead atoms. The van der Waals surface area contributed by atoms with Gasteiger partial charge in [0.15, 0.2) is 9.84 Å². The van der Waals surface area contributed by atoms with E-state index in [9.17, 15) is 21.6 Å². The molecule has 0 aliphatic carbocycles. The second kappa shape index (κ2) is 5.56. The first-order valence-corrected chi connectivity index (χ1v) is 8.09. The first-order valence-electron chi connectivity index (χ1n) is 6.27. The van der Waals surface area contributed by atoms with Crippen molar-refractivity contribution in [3.63, 3.8) is 0 Å². The molecule has 0 saturated carbocycles. The third kappa shape index (κ3) is 3.88. The first-order chi connectivity index (χ1) is 9.71. The summed E-state index contributed by atoms with van der Waals surface area (Å²) in [6, 6.07) is 4.95. The summed E-state index contributed by atoms with van der Waals surface area (Å²) >= 11 is 0. The normalized spacial score (nSPS) is 21.0. The molecule has 0 unspecified atom stereocenters. The van der Waals surface area contributed by atoms with Gasteiger partial charge in [-0.1, -0.05) is 0 Å². The van der Waals surface area contributed by atoms with Gasteiger partial charge < -0.3 is 5.32 Å². The smallest absolute Gasteiger partial charge is 0.384 e. The van der Waals surface area contributed by atoms with E-state index < -0.39 is 21.6 Å². The second-order valence-corrected chi connectivity index (χ2v) is 7.25. The van der Waals surface area contributed by atoms with Gasteiger partial charge in [-0.3, -0.25) is 0 Å². The number of halogens is 3. The molecule has 114 valence electrons. The SMILES string of the molecule is N#Cc1ccc(NC[C@@H]2CCS(=O)(=O)C2)c(C(F)(F)F)c1. The fourth-order valence-electron chi connectivity index (χ4n) is 2.29. The van der Waals surface area contributed by atoms with Crippen molar-refractivity contribution in [1.29, 1.82) is 5.26 Å². The maximum Gasteiger partial charge on any atom is 0.418 e. The maximum atomic E-state index is 12.9. The lowest BCUT2D eigenvalue weighted by Crippen LogP contribution is -2.18. The van der Waals surface area contributed by atoms with Gasteiger partial charge in [0.05, 0.1) is 28.7 Å². The Bertz CT molecular complexity index is 678. The summed E-state index contributed by atoms with van der Waals surface area (Å²) in [5.41, 5.74) is -1.12. The van der Waals surface area contributed by atoms with Gasteiger partial charge in [-0.2, -0.15) is 18.4 Å².